The average Bonchev–Trinajstić information content (AvgIpc) is 2.64. The Kier molecular flexibility index (Phi) is 4.45. The molecule has 0 aliphatic heterocycles. The van der Waals surface area contributed by atoms with Crippen molar-refractivity contribution in [3.8, 4) is 0 Å². The van der Waals surface area contributed by atoms with Gasteiger partial charge in [-0.1, -0.05) is 5.16 Å². The molecule has 6 heteroatoms. The zero-order valence-corrected chi connectivity index (χ0v) is 9.64. The van der Waals surface area contributed by atoms with Crippen molar-refractivity contribution in [3.63, 3.8) is 0 Å². The summed E-state index contributed by atoms with van der Waals surface area (Å²) in [5.74, 6) is -0.139. The highest BCUT2D eigenvalue weighted by Crippen LogP contribution is 2.06. The summed E-state index contributed by atoms with van der Waals surface area (Å²) in [6.45, 7) is 2.11. The lowest BCUT2D eigenvalue weighted by atomic mass is 10.3. The Labute approximate surface area is 93.8 Å². The second kappa shape index (κ2) is 5.62. The number of ether oxygens (including phenoxy) is 1. The minimum atomic E-state index is -0.706. The van der Waals surface area contributed by atoms with Gasteiger partial charge in [0, 0.05) is 26.8 Å². The lowest BCUT2D eigenvalue weighted by Gasteiger charge is -2.18. The van der Waals surface area contributed by atoms with Crippen molar-refractivity contribution in [3.05, 3.63) is 17.5 Å². The molecule has 0 aromatic carbocycles. The molecule has 0 saturated carbocycles. The third-order valence-corrected chi connectivity index (χ3v) is 2.03. The molecule has 1 heterocycles. The Morgan fingerprint density at radius 1 is 1.75 bits per heavy atom. The molecule has 0 spiro atoms. The van der Waals surface area contributed by atoms with Crippen molar-refractivity contribution in [2.24, 2.45) is 0 Å². The van der Waals surface area contributed by atoms with Crippen molar-refractivity contribution in [2.45, 2.75) is 13.0 Å². The molecule has 1 N–H and O–H groups in total. The number of aliphatic hydroxyl groups excluding tert-OH is 1. The highest BCUT2D eigenvalue weighted by Gasteiger charge is 2.18. The molecule has 1 rings (SSSR count). The lowest BCUT2D eigenvalue weighted by Crippen LogP contribution is -2.36. The quantitative estimate of drug-likeness (QED) is 0.771. The fourth-order valence-electron chi connectivity index (χ4n) is 1.30. The zero-order valence-electron chi connectivity index (χ0n) is 9.64. The molecule has 16 heavy (non-hydrogen) atoms. The molecule has 1 aromatic heterocycles. The van der Waals surface area contributed by atoms with Crippen molar-refractivity contribution in [2.75, 3.05) is 27.3 Å². The van der Waals surface area contributed by atoms with E-state index in [9.17, 15) is 9.90 Å². The SMILES string of the molecule is COCC(O)CN(C)C(=O)c1cc(C)no1. The van der Waals surface area contributed by atoms with Crippen LogP contribution >= 0.6 is 0 Å². The number of carbonyl (C=O) groups excluding carboxylic acids is 1. The summed E-state index contributed by atoms with van der Waals surface area (Å²) in [4.78, 5) is 13.1. The predicted molar refractivity (Wildman–Crippen MR) is 56.1 cm³/mol. The number of rotatable bonds is 5. The van der Waals surface area contributed by atoms with Crippen LogP contribution in [-0.4, -0.2) is 54.5 Å². The van der Waals surface area contributed by atoms with Gasteiger partial charge in [0.25, 0.3) is 5.91 Å². The van der Waals surface area contributed by atoms with Gasteiger partial charge in [0.2, 0.25) is 5.76 Å². The fourth-order valence-corrected chi connectivity index (χ4v) is 1.30. The number of amides is 1. The Bertz CT molecular complexity index is 350. The second-order valence-corrected chi connectivity index (χ2v) is 3.63. The van der Waals surface area contributed by atoms with Crippen LogP contribution in [0.1, 0.15) is 16.2 Å². The van der Waals surface area contributed by atoms with Crippen LogP contribution < -0.4 is 0 Å². The van der Waals surface area contributed by atoms with E-state index in [1.54, 1.807) is 20.0 Å². The van der Waals surface area contributed by atoms with Crippen LogP contribution in [0.5, 0.6) is 0 Å². The largest absolute Gasteiger partial charge is 0.389 e. The molecule has 0 aliphatic carbocycles. The summed E-state index contributed by atoms with van der Waals surface area (Å²) >= 11 is 0. The van der Waals surface area contributed by atoms with Crippen LogP contribution in [0, 0.1) is 6.92 Å². The molecule has 0 aliphatic rings. The van der Waals surface area contributed by atoms with Crippen LogP contribution in [0.2, 0.25) is 0 Å². The van der Waals surface area contributed by atoms with Crippen LogP contribution in [0.15, 0.2) is 10.6 Å². The molecule has 1 unspecified atom stereocenters. The van der Waals surface area contributed by atoms with Gasteiger partial charge in [-0.2, -0.15) is 0 Å². The fraction of sp³-hybridized carbons (Fsp3) is 0.600. The first-order chi connectivity index (χ1) is 7.54. The molecule has 0 radical (unpaired) electrons. The number of carbonyl (C=O) groups is 1. The average molecular weight is 228 g/mol. The zero-order chi connectivity index (χ0) is 12.1. The molecule has 1 aromatic rings. The Balaban J connectivity index is 2.54. The van der Waals surface area contributed by atoms with Crippen LogP contribution in [-0.2, 0) is 4.74 Å². The minimum absolute atomic E-state index is 0.171. The molecule has 0 bridgehead atoms. The van der Waals surface area contributed by atoms with E-state index in [1.807, 2.05) is 0 Å². The van der Waals surface area contributed by atoms with Gasteiger partial charge < -0.3 is 19.3 Å². The van der Waals surface area contributed by atoms with E-state index >= 15 is 0 Å². The normalized spacial score (nSPS) is 12.5. The Morgan fingerprint density at radius 2 is 2.44 bits per heavy atom. The van der Waals surface area contributed by atoms with Gasteiger partial charge in [-0.25, -0.2) is 0 Å². The molecular weight excluding hydrogens is 212 g/mol. The highest BCUT2D eigenvalue weighted by molar-refractivity contribution is 5.91. The standard InChI is InChI=1S/C10H16N2O4/c1-7-4-9(16-11-7)10(14)12(2)5-8(13)6-15-3/h4,8,13H,5-6H2,1-3H3. The maximum absolute atomic E-state index is 11.7. The lowest BCUT2D eigenvalue weighted by molar-refractivity contribution is 0.0364. The number of likely N-dealkylation sites (N-methyl/N-ethyl adjacent to an activating group) is 1. The molecule has 0 fully saturated rings. The summed E-state index contributed by atoms with van der Waals surface area (Å²) in [7, 11) is 3.07. The molecule has 1 atom stereocenters. The van der Waals surface area contributed by atoms with Crippen molar-refractivity contribution < 1.29 is 19.2 Å². The summed E-state index contributed by atoms with van der Waals surface area (Å²) < 4.78 is 9.60. The van der Waals surface area contributed by atoms with Crippen molar-refractivity contribution in [1.29, 1.82) is 0 Å². The van der Waals surface area contributed by atoms with Gasteiger partial charge in [0.1, 0.15) is 0 Å². The van der Waals surface area contributed by atoms with Gasteiger partial charge >= 0.3 is 0 Å². The minimum Gasteiger partial charge on any atom is -0.389 e. The van der Waals surface area contributed by atoms with E-state index in [1.165, 1.54) is 12.0 Å². The Hall–Kier alpha value is -1.40. The monoisotopic (exact) mass is 228 g/mol. The predicted octanol–water partition coefficient (Wildman–Crippen LogP) is 0.0623. The summed E-state index contributed by atoms with van der Waals surface area (Å²) in [5, 5.41) is 13.1. The van der Waals surface area contributed by atoms with E-state index < -0.39 is 6.10 Å². The van der Waals surface area contributed by atoms with Gasteiger partial charge in [-0.15, -0.1) is 0 Å². The van der Waals surface area contributed by atoms with E-state index in [4.69, 9.17) is 9.26 Å². The van der Waals surface area contributed by atoms with E-state index in [0.717, 1.165) is 0 Å². The van der Waals surface area contributed by atoms with Crippen molar-refractivity contribution >= 4 is 5.91 Å². The summed E-state index contributed by atoms with van der Waals surface area (Å²) in [6.07, 6.45) is -0.706. The van der Waals surface area contributed by atoms with E-state index in [2.05, 4.69) is 5.16 Å². The van der Waals surface area contributed by atoms with E-state index in [0.29, 0.717) is 5.69 Å². The van der Waals surface area contributed by atoms with Crippen LogP contribution in [0.25, 0.3) is 0 Å². The first kappa shape index (κ1) is 12.7. The summed E-state index contributed by atoms with van der Waals surface area (Å²) in [5.41, 5.74) is 0.647. The number of aryl methyl sites for hydroxylation is 1. The first-order valence-electron chi connectivity index (χ1n) is 4.90. The summed E-state index contributed by atoms with van der Waals surface area (Å²) in [6, 6.07) is 1.56. The first-order valence-corrected chi connectivity index (χ1v) is 4.90. The number of aliphatic hydroxyl groups is 1. The second-order valence-electron chi connectivity index (χ2n) is 3.63. The number of hydrogen-bond donors (Lipinski definition) is 1. The molecule has 0 saturated heterocycles. The molecule has 90 valence electrons. The smallest absolute Gasteiger partial charge is 0.292 e. The van der Waals surface area contributed by atoms with Gasteiger partial charge in [-0.05, 0) is 6.92 Å². The van der Waals surface area contributed by atoms with E-state index in [-0.39, 0.29) is 24.8 Å². The van der Waals surface area contributed by atoms with Crippen LogP contribution in [0.3, 0.4) is 0 Å². The van der Waals surface area contributed by atoms with Gasteiger partial charge in [0.15, 0.2) is 0 Å². The third-order valence-electron chi connectivity index (χ3n) is 2.03. The number of nitrogens with zero attached hydrogens (tertiary/aromatic N) is 2. The molecule has 6 nitrogen and oxygen atoms in total. The number of hydrogen-bond acceptors (Lipinski definition) is 5. The van der Waals surface area contributed by atoms with Crippen LogP contribution in [0.4, 0.5) is 0 Å². The molecular formula is C10H16N2O4. The molecule has 1 amide bonds. The number of methoxy groups -OCH3 is 1. The Morgan fingerprint density at radius 3 is 2.94 bits per heavy atom. The van der Waals surface area contributed by atoms with Gasteiger partial charge in [-0.3, -0.25) is 4.79 Å². The topological polar surface area (TPSA) is 75.8 Å². The number of aromatic nitrogens is 1. The maximum Gasteiger partial charge on any atom is 0.292 e. The van der Waals surface area contributed by atoms with Gasteiger partial charge in [0.05, 0.1) is 18.4 Å². The maximum atomic E-state index is 11.7. The third kappa shape index (κ3) is 3.32. The highest BCUT2D eigenvalue weighted by atomic mass is 16.5. The van der Waals surface area contributed by atoms with Crippen molar-refractivity contribution in [1.82, 2.24) is 10.1 Å².